The molecule has 178 valence electrons. The zero-order valence-electron chi connectivity index (χ0n) is 18.1. The highest BCUT2D eigenvalue weighted by molar-refractivity contribution is 5.78. The molecular weight excluding hydrogens is 442 g/mol. The molecule has 2 heterocycles. The highest BCUT2D eigenvalue weighted by Crippen LogP contribution is 2.44. The van der Waals surface area contributed by atoms with Crippen molar-refractivity contribution < 1.29 is 24.8 Å². The highest BCUT2D eigenvalue weighted by atomic mass is 16.6. The first-order valence-electron chi connectivity index (χ1n) is 11.0. The number of rotatable bonds is 7. The topological polar surface area (TPSA) is 146 Å². The third-order valence-corrected chi connectivity index (χ3v) is 6.39. The number of hydrogen-bond donors (Lipinski definition) is 5. The van der Waals surface area contributed by atoms with Crippen LogP contribution in [-0.2, 0) is 9.47 Å². The van der Waals surface area contributed by atoms with Crippen LogP contribution in [0.5, 0.6) is 0 Å². The molecule has 0 radical (unpaired) electrons. The van der Waals surface area contributed by atoms with E-state index in [-0.39, 0.29) is 12.5 Å². The van der Waals surface area contributed by atoms with E-state index < -0.39 is 48.7 Å². The number of nitrogens with zero attached hydrogens (tertiary/aromatic N) is 1. The Morgan fingerprint density at radius 2 is 1.71 bits per heavy atom. The predicted octanol–water partition coefficient (Wildman–Crippen LogP) is -0.150. The van der Waals surface area contributed by atoms with Crippen LogP contribution in [0.3, 0.4) is 0 Å². The van der Waals surface area contributed by atoms with Crippen molar-refractivity contribution in [2.24, 2.45) is 0 Å². The van der Waals surface area contributed by atoms with Crippen molar-refractivity contribution in [3.8, 4) is 11.1 Å². The van der Waals surface area contributed by atoms with Gasteiger partial charge in [0, 0.05) is 18.2 Å². The van der Waals surface area contributed by atoms with Crippen LogP contribution in [-0.4, -0.2) is 62.7 Å². The maximum Gasteiger partial charge on any atom is 0.330 e. The standard InChI is InChI=1S/C24H25N3O7/c28-11-18-21(30)20(22(34-18)27-10-9-19(29)25-23(27)31)26-24(32)33-12-17-15-7-3-1-5-13(15)14-6-2-4-8-16(14)17/h1-10,17-18,20-22,24,26,28,30,32H,11-12H2,(H,25,29,31)/t18-,20-,21-,22-,24?/m1/s1. The van der Waals surface area contributed by atoms with Crippen LogP contribution >= 0.6 is 0 Å². The van der Waals surface area contributed by atoms with Crippen LogP contribution in [0.1, 0.15) is 23.3 Å². The highest BCUT2D eigenvalue weighted by Gasteiger charge is 2.45. The number of benzene rings is 2. The molecule has 1 fully saturated rings. The van der Waals surface area contributed by atoms with Crippen LogP contribution in [0, 0.1) is 0 Å². The average Bonchev–Trinajstić information content (AvgIpc) is 3.32. The van der Waals surface area contributed by atoms with Gasteiger partial charge in [0.15, 0.2) is 6.23 Å². The van der Waals surface area contributed by atoms with Crippen molar-refractivity contribution in [1.82, 2.24) is 14.9 Å². The normalized spacial score (nSPS) is 24.7. The first-order valence-corrected chi connectivity index (χ1v) is 11.0. The Morgan fingerprint density at radius 1 is 1.06 bits per heavy atom. The third-order valence-electron chi connectivity index (χ3n) is 6.39. The summed E-state index contributed by atoms with van der Waals surface area (Å²) in [5, 5.41) is 33.5. The van der Waals surface area contributed by atoms with Crippen LogP contribution in [0.2, 0.25) is 0 Å². The van der Waals surface area contributed by atoms with Gasteiger partial charge in [0.1, 0.15) is 12.2 Å². The van der Waals surface area contributed by atoms with Gasteiger partial charge in [-0.3, -0.25) is 19.7 Å². The summed E-state index contributed by atoms with van der Waals surface area (Å²) in [6, 6.07) is 16.2. The second-order valence-corrected chi connectivity index (χ2v) is 8.36. The van der Waals surface area contributed by atoms with E-state index in [1.165, 1.54) is 6.20 Å². The molecule has 10 heteroatoms. The average molecular weight is 467 g/mol. The molecular formula is C24H25N3O7. The summed E-state index contributed by atoms with van der Waals surface area (Å²) in [7, 11) is 0. The fourth-order valence-electron chi connectivity index (χ4n) is 4.78. The minimum atomic E-state index is -1.50. The van der Waals surface area contributed by atoms with E-state index in [0.717, 1.165) is 32.9 Å². The zero-order valence-corrected chi connectivity index (χ0v) is 18.1. The monoisotopic (exact) mass is 467 g/mol. The van der Waals surface area contributed by atoms with Gasteiger partial charge >= 0.3 is 5.69 Å². The molecule has 0 saturated carbocycles. The number of ether oxygens (including phenoxy) is 2. The SMILES string of the molecule is O=c1ccn([C@@H]2O[C@H](CO)[C@@H](O)[C@H]2NC(O)OCC2c3ccccc3-c3ccccc32)c(=O)[nH]1. The first-order chi connectivity index (χ1) is 16.5. The number of fused-ring (bicyclic) bond motifs is 3. The Morgan fingerprint density at radius 3 is 2.32 bits per heavy atom. The maximum absolute atomic E-state index is 12.3. The summed E-state index contributed by atoms with van der Waals surface area (Å²) in [5.41, 5.74) is 3.11. The van der Waals surface area contributed by atoms with Gasteiger partial charge in [-0.25, -0.2) is 4.79 Å². The van der Waals surface area contributed by atoms with E-state index >= 15 is 0 Å². The van der Waals surface area contributed by atoms with Crippen LogP contribution in [0.4, 0.5) is 0 Å². The van der Waals surface area contributed by atoms with Crippen LogP contribution < -0.4 is 16.6 Å². The first kappa shape index (κ1) is 22.7. The lowest BCUT2D eigenvalue weighted by Gasteiger charge is -2.26. The lowest BCUT2D eigenvalue weighted by atomic mass is 9.98. The summed E-state index contributed by atoms with van der Waals surface area (Å²) in [5.74, 6) is -0.0867. The predicted molar refractivity (Wildman–Crippen MR) is 121 cm³/mol. The molecule has 0 spiro atoms. The van der Waals surface area contributed by atoms with Gasteiger partial charge in [-0.05, 0) is 22.3 Å². The lowest BCUT2D eigenvalue weighted by Crippen LogP contribution is -2.51. The van der Waals surface area contributed by atoms with E-state index in [0.29, 0.717) is 0 Å². The molecule has 0 bridgehead atoms. The molecule has 5 N–H and O–H groups in total. The molecule has 1 aliphatic heterocycles. The molecule has 1 aliphatic carbocycles. The molecule has 1 aromatic heterocycles. The minimum absolute atomic E-state index is 0.0867. The molecule has 5 atom stereocenters. The maximum atomic E-state index is 12.3. The number of H-pyrrole nitrogens is 1. The molecule has 34 heavy (non-hydrogen) atoms. The Bertz CT molecular complexity index is 1240. The number of aliphatic hydroxyl groups is 3. The van der Waals surface area contributed by atoms with Crippen molar-refractivity contribution >= 4 is 0 Å². The largest absolute Gasteiger partial charge is 0.394 e. The molecule has 2 aromatic carbocycles. The van der Waals surface area contributed by atoms with Gasteiger partial charge in [-0.1, -0.05) is 48.5 Å². The molecule has 10 nitrogen and oxygen atoms in total. The van der Waals surface area contributed by atoms with Crippen molar-refractivity contribution in [2.75, 3.05) is 13.2 Å². The van der Waals surface area contributed by atoms with Gasteiger partial charge in [0.05, 0.1) is 19.3 Å². The van der Waals surface area contributed by atoms with Gasteiger partial charge in [0.2, 0.25) is 6.41 Å². The van der Waals surface area contributed by atoms with Crippen molar-refractivity contribution in [3.63, 3.8) is 0 Å². The smallest absolute Gasteiger partial charge is 0.330 e. The number of aromatic amines is 1. The number of aromatic nitrogens is 2. The van der Waals surface area contributed by atoms with Gasteiger partial charge in [-0.2, -0.15) is 0 Å². The summed E-state index contributed by atoms with van der Waals surface area (Å²) >= 11 is 0. The van der Waals surface area contributed by atoms with E-state index in [4.69, 9.17) is 9.47 Å². The van der Waals surface area contributed by atoms with E-state index in [1.807, 2.05) is 36.4 Å². The molecule has 1 unspecified atom stereocenters. The van der Waals surface area contributed by atoms with E-state index in [9.17, 15) is 24.9 Å². The van der Waals surface area contributed by atoms with Gasteiger partial charge in [0.25, 0.3) is 5.56 Å². The van der Waals surface area contributed by atoms with Crippen molar-refractivity contribution in [2.45, 2.75) is 36.8 Å². The number of nitrogens with one attached hydrogen (secondary N) is 2. The lowest BCUT2D eigenvalue weighted by molar-refractivity contribution is -0.137. The Hall–Kier alpha value is -3.12. The summed E-state index contributed by atoms with van der Waals surface area (Å²) in [6.45, 7) is -0.334. The van der Waals surface area contributed by atoms with E-state index in [2.05, 4.69) is 22.4 Å². The number of hydrogen-bond acceptors (Lipinski definition) is 8. The van der Waals surface area contributed by atoms with Gasteiger partial charge < -0.3 is 24.8 Å². The second kappa shape index (κ2) is 9.26. The van der Waals surface area contributed by atoms with Crippen molar-refractivity contribution in [3.05, 3.63) is 92.8 Å². The summed E-state index contributed by atoms with van der Waals surface area (Å²) < 4.78 is 12.4. The summed E-state index contributed by atoms with van der Waals surface area (Å²) in [4.78, 5) is 25.8. The molecule has 0 amide bonds. The van der Waals surface area contributed by atoms with E-state index in [1.54, 1.807) is 0 Å². The quantitative estimate of drug-likeness (QED) is 0.302. The fraction of sp³-hybridized carbons (Fsp3) is 0.333. The van der Waals surface area contributed by atoms with Crippen molar-refractivity contribution in [1.29, 1.82) is 0 Å². The minimum Gasteiger partial charge on any atom is -0.394 e. The number of aliphatic hydroxyl groups excluding tert-OH is 3. The Labute approximate surface area is 194 Å². The molecule has 5 rings (SSSR count). The van der Waals surface area contributed by atoms with Crippen LogP contribution in [0.25, 0.3) is 11.1 Å². The Kier molecular flexibility index (Phi) is 6.17. The Balaban J connectivity index is 1.33. The fourth-order valence-corrected chi connectivity index (χ4v) is 4.78. The molecule has 1 saturated heterocycles. The summed E-state index contributed by atoms with van der Waals surface area (Å²) in [6.07, 6.45) is -3.61. The van der Waals surface area contributed by atoms with Crippen LogP contribution in [0.15, 0.2) is 70.4 Å². The molecule has 3 aromatic rings. The zero-order chi connectivity index (χ0) is 23.8. The third kappa shape index (κ3) is 4.00. The second-order valence-electron chi connectivity index (χ2n) is 8.36. The molecule has 2 aliphatic rings. The van der Waals surface area contributed by atoms with Gasteiger partial charge in [-0.15, -0.1) is 0 Å².